The van der Waals surface area contributed by atoms with Crippen molar-refractivity contribution in [3.63, 3.8) is 0 Å². The zero-order chi connectivity index (χ0) is 15.1. The molecule has 0 fully saturated rings. The van der Waals surface area contributed by atoms with Crippen LogP contribution in [0.5, 0.6) is 0 Å². The average molecular weight is 278 g/mol. The minimum absolute atomic E-state index is 0.0934. The molecular formula is C15H22N2O3. The fourth-order valence-corrected chi connectivity index (χ4v) is 1.92. The molecule has 1 aromatic rings. The summed E-state index contributed by atoms with van der Waals surface area (Å²) in [4.78, 5) is 24.6. The standard InChI is InChI=1S/C15H22N2O3/c1-4-11(3)17(5-2)15(20)16-10-12-6-8-13(9-7-12)14(18)19/h6-9,11H,4-5,10H2,1-3H3,(H,16,20)(H,18,19). The molecule has 2 amide bonds. The number of hydrogen-bond donors (Lipinski definition) is 2. The molecule has 0 spiro atoms. The first kappa shape index (κ1) is 16.0. The van der Waals surface area contributed by atoms with Crippen molar-refractivity contribution in [2.24, 2.45) is 0 Å². The van der Waals surface area contributed by atoms with E-state index in [9.17, 15) is 9.59 Å². The van der Waals surface area contributed by atoms with E-state index < -0.39 is 5.97 Å². The number of amides is 2. The minimum atomic E-state index is -0.950. The molecule has 0 bridgehead atoms. The summed E-state index contributed by atoms with van der Waals surface area (Å²) < 4.78 is 0. The van der Waals surface area contributed by atoms with Gasteiger partial charge in [-0.25, -0.2) is 9.59 Å². The van der Waals surface area contributed by atoms with Gasteiger partial charge in [-0.05, 0) is 38.0 Å². The molecule has 0 radical (unpaired) electrons. The summed E-state index contributed by atoms with van der Waals surface area (Å²) in [6.45, 7) is 7.08. The van der Waals surface area contributed by atoms with Crippen LogP contribution in [0.4, 0.5) is 4.79 Å². The number of rotatable bonds is 6. The van der Waals surface area contributed by atoms with E-state index in [0.29, 0.717) is 13.1 Å². The van der Waals surface area contributed by atoms with E-state index in [1.165, 1.54) is 12.1 Å². The smallest absolute Gasteiger partial charge is 0.335 e. The van der Waals surface area contributed by atoms with Gasteiger partial charge in [-0.3, -0.25) is 0 Å². The summed E-state index contributed by atoms with van der Waals surface area (Å²) in [6.07, 6.45) is 0.911. The first-order valence-corrected chi connectivity index (χ1v) is 6.86. The van der Waals surface area contributed by atoms with E-state index in [2.05, 4.69) is 5.32 Å². The molecule has 0 aliphatic carbocycles. The second-order valence-corrected chi connectivity index (χ2v) is 4.70. The first-order chi connectivity index (χ1) is 9.49. The number of benzene rings is 1. The second kappa shape index (κ2) is 7.53. The Morgan fingerprint density at radius 2 is 1.85 bits per heavy atom. The Kier molecular flexibility index (Phi) is 6.03. The predicted molar refractivity (Wildman–Crippen MR) is 77.8 cm³/mol. The summed E-state index contributed by atoms with van der Waals surface area (Å²) in [6, 6.07) is 6.61. The molecule has 0 aliphatic heterocycles. The molecular weight excluding hydrogens is 256 g/mol. The summed E-state index contributed by atoms with van der Waals surface area (Å²) in [5, 5.41) is 11.7. The van der Waals surface area contributed by atoms with E-state index in [0.717, 1.165) is 12.0 Å². The number of urea groups is 1. The third kappa shape index (κ3) is 4.26. The van der Waals surface area contributed by atoms with Gasteiger partial charge in [0.15, 0.2) is 0 Å². The van der Waals surface area contributed by atoms with E-state index in [-0.39, 0.29) is 17.6 Å². The van der Waals surface area contributed by atoms with Crippen LogP contribution >= 0.6 is 0 Å². The van der Waals surface area contributed by atoms with Crippen molar-refractivity contribution < 1.29 is 14.7 Å². The normalized spacial score (nSPS) is 11.8. The maximum absolute atomic E-state index is 12.0. The van der Waals surface area contributed by atoms with Gasteiger partial charge in [-0.15, -0.1) is 0 Å². The van der Waals surface area contributed by atoms with E-state index in [1.54, 1.807) is 17.0 Å². The average Bonchev–Trinajstić information content (AvgIpc) is 2.46. The molecule has 0 saturated carbocycles. The topological polar surface area (TPSA) is 69.6 Å². The summed E-state index contributed by atoms with van der Waals surface area (Å²) >= 11 is 0. The van der Waals surface area contributed by atoms with Crippen molar-refractivity contribution in [1.29, 1.82) is 0 Å². The summed E-state index contributed by atoms with van der Waals surface area (Å²) in [7, 11) is 0. The largest absolute Gasteiger partial charge is 0.478 e. The number of hydrogen-bond acceptors (Lipinski definition) is 2. The highest BCUT2D eigenvalue weighted by Gasteiger charge is 2.16. The number of carbonyl (C=O) groups excluding carboxylic acids is 1. The lowest BCUT2D eigenvalue weighted by Gasteiger charge is -2.27. The first-order valence-electron chi connectivity index (χ1n) is 6.86. The number of aromatic carboxylic acids is 1. The van der Waals surface area contributed by atoms with E-state index in [4.69, 9.17) is 5.11 Å². The van der Waals surface area contributed by atoms with Crippen molar-refractivity contribution in [3.8, 4) is 0 Å². The third-order valence-electron chi connectivity index (χ3n) is 3.37. The predicted octanol–water partition coefficient (Wildman–Crippen LogP) is 2.71. The second-order valence-electron chi connectivity index (χ2n) is 4.70. The summed E-state index contributed by atoms with van der Waals surface area (Å²) in [5.41, 5.74) is 1.12. The molecule has 0 aliphatic rings. The van der Waals surface area contributed by atoms with Crippen LogP contribution in [0.2, 0.25) is 0 Å². The van der Waals surface area contributed by atoms with Crippen molar-refractivity contribution in [3.05, 3.63) is 35.4 Å². The highest BCUT2D eigenvalue weighted by atomic mass is 16.4. The minimum Gasteiger partial charge on any atom is -0.478 e. The van der Waals surface area contributed by atoms with Crippen LogP contribution in [0.25, 0.3) is 0 Å². The van der Waals surface area contributed by atoms with Gasteiger partial charge in [-0.2, -0.15) is 0 Å². The van der Waals surface area contributed by atoms with E-state index in [1.807, 2.05) is 20.8 Å². The number of nitrogens with zero attached hydrogens (tertiary/aromatic N) is 1. The molecule has 110 valence electrons. The van der Waals surface area contributed by atoms with Crippen LogP contribution in [0.1, 0.15) is 43.1 Å². The van der Waals surface area contributed by atoms with Crippen LogP contribution in [0.3, 0.4) is 0 Å². The van der Waals surface area contributed by atoms with Crippen LogP contribution in [0, 0.1) is 0 Å². The maximum atomic E-state index is 12.0. The van der Waals surface area contributed by atoms with Crippen molar-refractivity contribution in [1.82, 2.24) is 10.2 Å². The van der Waals surface area contributed by atoms with Crippen LogP contribution < -0.4 is 5.32 Å². The van der Waals surface area contributed by atoms with Gasteiger partial charge in [0, 0.05) is 19.1 Å². The highest BCUT2D eigenvalue weighted by Crippen LogP contribution is 2.06. The molecule has 1 aromatic carbocycles. The summed E-state index contributed by atoms with van der Waals surface area (Å²) in [5.74, 6) is -0.950. The Labute approximate surface area is 119 Å². The van der Waals surface area contributed by atoms with Crippen LogP contribution in [-0.2, 0) is 6.54 Å². The Hall–Kier alpha value is -2.04. The number of carbonyl (C=O) groups is 2. The molecule has 0 aromatic heterocycles. The third-order valence-corrected chi connectivity index (χ3v) is 3.37. The quantitative estimate of drug-likeness (QED) is 0.840. The molecule has 2 N–H and O–H groups in total. The molecule has 5 nitrogen and oxygen atoms in total. The van der Waals surface area contributed by atoms with Gasteiger partial charge < -0.3 is 15.3 Å². The van der Waals surface area contributed by atoms with Crippen LogP contribution in [-0.4, -0.2) is 34.6 Å². The van der Waals surface area contributed by atoms with Crippen molar-refractivity contribution in [2.45, 2.75) is 39.8 Å². The maximum Gasteiger partial charge on any atom is 0.335 e. The Balaban J connectivity index is 2.57. The van der Waals surface area contributed by atoms with Gasteiger partial charge in [0.1, 0.15) is 0 Å². The Bertz CT molecular complexity index is 457. The number of nitrogens with one attached hydrogen (secondary N) is 1. The lowest BCUT2D eigenvalue weighted by molar-refractivity contribution is 0.0697. The fourth-order valence-electron chi connectivity index (χ4n) is 1.92. The molecule has 0 saturated heterocycles. The molecule has 5 heteroatoms. The van der Waals surface area contributed by atoms with Crippen molar-refractivity contribution >= 4 is 12.0 Å². The van der Waals surface area contributed by atoms with Gasteiger partial charge >= 0.3 is 12.0 Å². The van der Waals surface area contributed by atoms with Gasteiger partial charge in [-0.1, -0.05) is 19.1 Å². The lowest BCUT2D eigenvalue weighted by Crippen LogP contribution is -2.44. The molecule has 20 heavy (non-hydrogen) atoms. The molecule has 1 atom stereocenters. The van der Waals surface area contributed by atoms with Gasteiger partial charge in [0.2, 0.25) is 0 Å². The van der Waals surface area contributed by atoms with Gasteiger partial charge in [0.05, 0.1) is 5.56 Å². The zero-order valence-corrected chi connectivity index (χ0v) is 12.2. The fraction of sp³-hybridized carbons (Fsp3) is 0.467. The molecule has 1 rings (SSSR count). The number of carboxylic acid groups (broad SMARTS) is 1. The molecule has 1 unspecified atom stereocenters. The van der Waals surface area contributed by atoms with Crippen LogP contribution in [0.15, 0.2) is 24.3 Å². The van der Waals surface area contributed by atoms with E-state index >= 15 is 0 Å². The van der Waals surface area contributed by atoms with Gasteiger partial charge in [0.25, 0.3) is 0 Å². The highest BCUT2D eigenvalue weighted by molar-refractivity contribution is 5.87. The lowest BCUT2D eigenvalue weighted by atomic mass is 10.1. The SMILES string of the molecule is CCC(C)N(CC)C(=O)NCc1ccc(C(=O)O)cc1. The monoisotopic (exact) mass is 278 g/mol. The molecule has 0 heterocycles. The van der Waals surface area contributed by atoms with Crippen molar-refractivity contribution in [2.75, 3.05) is 6.54 Å². The number of carboxylic acids is 1. The Morgan fingerprint density at radius 3 is 2.30 bits per heavy atom. The Morgan fingerprint density at radius 1 is 1.25 bits per heavy atom. The zero-order valence-electron chi connectivity index (χ0n) is 12.2.